The fourth-order valence-corrected chi connectivity index (χ4v) is 4.27. The van der Waals surface area contributed by atoms with Gasteiger partial charge in [-0.05, 0) is 56.0 Å². The zero-order valence-corrected chi connectivity index (χ0v) is 16.2. The molecule has 0 atom stereocenters. The molecule has 0 aliphatic heterocycles. The van der Waals surface area contributed by atoms with Crippen LogP contribution in [-0.2, 0) is 14.8 Å². The van der Waals surface area contributed by atoms with E-state index in [2.05, 4.69) is 24.7 Å². The average Bonchev–Trinajstić information content (AvgIpc) is 2.70. The van der Waals surface area contributed by atoms with E-state index in [1.165, 1.54) is 31.4 Å². The fraction of sp³-hybridized carbons (Fsp3) is 0.389. The molecule has 10 heteroatoms. The minimum Gasteiger partial charge on any atom is -0.460 e. The van der Waals surface area contributed by atoms with E-state index in [4.69, 9.17) is 4.74 Å². The fourth-order valence-electron chi connectivity index (χ4n) is 2.97. The van der Waals surface area contributed by atoms with Gasteiger partial charge < -0.3 is 9.47 Å². The van der Waals surface area contributed by atoms with E-state index in [0.29, 0.717) is 37.4 Å². The number of sulfonamides is 1. The van der Waals surface area contributed by atoms with Gasteiger partial charge in [0.15, 0.2) is 0 Å². The molecule has 1 fully saturated rings. The first-order valence-electron chi connectivity index (χ1n) is 8.87. The van der Waals surface area contributed by atoms with E-state index in [9.17, 15) is 13.2 Å². The Hall–Kier alpha value is -2.72. The van der Waals surface area contributed by atoms with E-state index >= 15 is 0 Å². The van der Waals surface area contributed by atoms with Gasteiger partial charge in [0.2, 0.25) is 10.0 Å². The summed E-state index contributed by atoms with van der Waals surface area (Å²) in [6.07, 6.45) is 5.36. The smallest absolute Gasteiger partial charge is 0.411 e. The zero-order chi connectivity index (χ0) is 20.0. The van der Waals surface area contributed by atoms with Crippen LogP contribution in [0.5, 0.6) is 6.01 Å². The number of nitrogens with zero attached hydrogens (tertiary/aromatic N) is 2. The Kier molecular flexibility index (Phi) is 6.42. The molecule has 2 N–H and O–H groups in total. The maximum atomic E-state index is 12.6. The Morgan fingerprint density at radius 3 is 2.32 bits per heavy atom. The SMILES string of the molecule is COC(=O)Nc1ccc(S(=O)(=O)NC2CCC(Oc3ncccn3)CC2)cc1. The molecule has 2 aromatic rings. The molecule has 3 rings (SSSR count). The minimum absolute atomic E-state index is 0.0215. The summed E-state index contributed by atoms with van der Waals surface area (Å²) >= 11 is 0. The second-order valence-electron chi connectivity index (χ2n) is 6.39. The number of ether oxygens (including phenoxy) is 2. The summed E-state index contributed by atoms with van der Waals surface area (Å²) in [6, 6.07) is 7.80. The lowest BCUT2D eigenvalue weighted by Crippen LogP contribution is -2.39. The molecular weight excluding hydrogens is 384 g/mol. The van der Waals surface area contributed by atoms with E-state index in [1.807, 2.05) is 0 Å². The first-order valence-corrected chi connectivity index (χ1v) is 10.4. The lowest BCUT2D eigenvalue weighted by Gasteiger charge is -2.28. The number of carbonyl (C=O) groups is 1. The topological polar surface area (TPSA) is 120 Å². The van der Waals surface area contributed by atoms with Gasteiger partial charge in [0, 0.05) is 24.1 Å². The van der Waals surface area contributed by atoms with Crippen LogP contribution in [0.25, 0.3) is 0 Å². The predicted molar refractivity (Wildman–Crippen MR) is 101 cm³/mol. The third-order valence-corrected chi connectivity index (χ3v) is 5.94. The number of benzene rings is 1. The summed E-state index contributed by atoms with van der Waals surface area (Å²) in [6.45, 7) is 0. The maximum absolute atomic E-state index is 12.6. The van der Waals surface area contributed by atoms with E-state index < -0.39 is 16.1 Å². The van der Waals surface area contributed by atoms with Crippen molar-refractivity contribution in [2.45, 2.75) is 42.7 Å². The summed E-state index contributed by atoms with van der Waals surface area (Å²) in [4.78, 5) is 19.4. The number of hydrogen-bond acceptors (Lipinski definition) is 7. The van der Waals surface area contributed by atoms with Crippen molar-refractivity contribution in [3.63, 3.8) is 0 Å². The van der Waals surface area contributed by atoms with Crippen LogP contribution in [0.2, 0.25) is 0 Å². The second-order valence-corrected chi connectivity index (χ2v) is 8.10. The Balaban J connectivity index is 1.53. The van der Waals surface area contributed by atoms with Crippen molar-refractivity contribution in [1.29, 1.82) is 0 Å². The molecule has 1 aromatic carbocycles. The van der Waals surface area contributed by atoms with Crippen molar-refractivity contribution >= 4 is 21.8 Å². The van der Waals surface area contributed by atoms with Crippen molar-refractivity contribution in [3.8, 4) is 6.01 Å². The van der Waals surface area contributed by atoms with Crippen LogP contribution in [0.3, 0.4) is 0 Å². The summed E-state index contributed by atoms with van der Waals surface area (Å²) in [5, 5.41) is 2.48. The van der Waals surface area contributed by atoms with Gasteiger partial charge in [0.25, 0.3) is 0 Å². The van der Waals surface area contributed by atoms with Crippen LogP contribution in [0.15, 0.2) is 47.6 Å². The molecule has 1 aliphatic carbocycles. The molecule has 150 valence electrons. The van der Waals surface area contributed by atoms with Crippen LogP contribution < -0.4 is 14.8 Å². The molecule has 0 saturated heterocycles. The molecule has 0 bridgehead atoms. The zero-order valence-electron chi connectivity index (χ0n) is 15.4. The van der Waals surface area contributed by atoms with E-state index in [1.54, 1.807) is 18.5 Å². The monoisotopic (exact) mass is 406 g/mol. The van der Waals surface area contributed by atoms with Gasteiger partial charge in [0.1, 0.15) is 6.10 Å². The van der Waals surface area contributed by atoms with Crippen LogP contribution in [-0.4, -0.2) is 43.7 Å². The van der Waals surface area contributed by atoms with Gasteiger partial charge in [-0.15, -0.1) is 0 Å². The molecule has 1 aromatic heterocycles. The van der Waals surface area contributed by atoms with Crippen molar-refractivity contribution in [1.82, 2.24) is 14.7 Å². The molecular formula is C18H22N4O5S. The highest BCUT2D eigenvalue weighted by Crippen LogP contribution is 2.24. The molecule has 0 radical (unpaired) electrons. The van der Waals surface area contributed by atoms with E-state index in [-0.39, 0.29) is 17.0 Å². The highest BCUT2D eigenvalue weighted by Gasteiger charge is 2.27. The number of hydrogen-bond donors (Lipinski definition) is 2. The molecule has 9 nitrogen and oxygen atoms in total. The molecule has 0 unspecified atom stereocenters. The summed E-state index contributed by atoms with van der Waals surface area (Å²) < 4.78 is 38.1. The number of anilines is 1. The predicted octanol–water partition coefficient (Wildman–Crippen LogP) is 2.32. The number of rotatable bonds is 6. The maximum Gasteiger partial charge on any atom is 0.411 e. The van der Waals surface area contributed by atoms with Gasteiger partial charge in [0.05, 0.1) is 12.0 Å². The van der Waals surface area contributed by atoms with Crippen LogP contribution in [0, 0.1) is 0 Å². The minimum atomic E-state index is -3.65. The Morgan fingerprint density at radius 2 is 1.71 bits per heavy atom. The Labute approximate surface area is 163 Å². The van der Waals surface area contributed by atoms with E-state index in [0.717, 1.165) is 0 Å². The van der Waals surface area contributed by atoms with Gasteiger partial charge in [-0.2, -0.15) is 0 Å². The lowest BCUT2D eigenvalue weighted by molar-refractivity contribution is 0.132. The van der Waals surface area contributed by atoms with Gasteiger partial charge >= 0.3 is 12.1 Å². The van der Waals surface area contributed by atoms with Crippen molar-refractivity contribution in [3.05, 3.63) is 42.7 Å². The lowest BCUT2D eigenvalue weighted by atomic mass is 9.94. The molecule has 1 amide bonds. The average molecular weight is 406 g/mol. The number of aromatic nitrogens is 2. The normalized spacial score (nSPS) is 19.6. The highest BCUT2D eigenvalue weighted by atomic mass is 32.2. The molecule has 1 aliphatic rings. The third-order valence-electron chi connectivity index (χ3n) is 4.41. The number of amides is 1. The second kappa shape index (κ2) is 8.98. The van der Waals surface area contributed by atoms with Crippen molar-refractivity contribution in [2.24, 2.45) is 0 Å². The summed E-state index contributed by atoms with van der Waals surface area (Å²) in [7, 11) is -2.39. The van der Waals surface area contributed by atoms with Crippen LogP contribution in [0.4, 0.5) is 10.5 Å². The largest absolute Gasteiger partial charge is 0.460 e. The van der Waals surface area contributed by atoms with Gasteiger partial charge in [-0.25, -0.2) is 27.9 Å². The molecule has 28 heavy (non-hydrogen) atoms. The van der Waals surface area contributed by atoms with Gasteiger partial charge in [-0.3, -0.25) is 5.32 Å². The first-order chi connectivity index (χ1) is 13.5. The Morgan fingerprint density at radius 1 is 1.07 bits per heavy atom. The summed E-state index contributed by atoms with van der Waals surface area (Å²) in [5.74, 6) is 0. The quantitative estimate of drug-likeness (QED) is 0.755. The molecule has 0 spiro atoms. The first kappa shape index (κ1) is 20.0. The standard InChI is InChI=1S/C18H22N4O5S/c1-26-18(23)21-13-5-9-16(10-6-13)28(24,25)22-14-3-7-15(8-4-14)27-17-19-11-2-12-20-17/h2,5-6,9-12,14-15,22H,3-4,7-8H2,1H3,(H,21,23). The summed E-state index contributed by atoms with van der Waals surface area (Å²) in [5.41, 5.74) is 0.451. The number of carbonyl (C=O) groups excluding carboxylic acids is 1. The van der Waals surface area contributed by atoms with Crippen LogP contribution in [0.1, 0.15) is 25.7 Å². The van der Waals surface area contributed by atoms with Crippen molar-refractivity contribution in [2.75, 3.05) is 12.4 Å². The molecule has 1 saturated carbocycles. The highest BCUT2D eigenvalue weighted by molar-refractivity contribution is 7.89. The van der Waals surface area contributed by atoms with Gasteiger partial charge in [-0.1, -0.05) is 0 Å². The number of nitrogens with one attached hydrogen (secondary N) is 2. The molecule has 1 heterocycles. The van der Waals surface area contributed by atoms with Crippen molar-refractivity contribution < 1.29 is 22.7 Å². The third kappa shape index (κ3) is 5.40. The Bertz CT molecular complexity index is 882. The van der Waals surface area contributed by atoms with Crippen LogP contribution >= 0.6 is 0 Å². The number of methoxy groups -OCH3 is 1.